The predicted molar refractivity (Wildman–Crippen MR) is 80.3 cm³/mol. The molecule has 1 aromatic carbocycles. The molecule has 2 aliphatic rings. The molecule has 1 spiro atoms. The highest BCUT2D eigenvalue weighted by molar-refractivity contribution is 7.80. The highest BCUT2D eigenvalue weighted by Crippen LogP contribution is 2.47. The average Bonchev–Trinajstić information content (AvgIpc) is 2.97. The van der Waals surface area contributed by atoms with Gasteiger partial charge in [-0.05, 0) is 37.1 Å². The monoisotopic (exact) mass is 288 g/mol. The van der Waals surface area contributed by atoms with Crippen LogP contribution >= 0.6 is 12.2 Å². The van der Waals surface area contributed by atoms with Crippen LogP contribution in [0.1, 0.15) is 37.7 Å². The van der Waals surface area contributed by atoms with Crippen molar-refractivity contribution in [2.45, 2.75) is 32.1 Å². The number of hydrogen-bond donors (Lipinski definition) is 1. The molecule has 2 fully saturated rings. The van der Waals surface area contributed by atoms with Crippen LogP contribution in [-0.4, -0.2) is 16.8 Å². The molecule has 0 bridgehead atoms. The van der Waals surface area contributed by atoms with Crippen LogP contribution in [-0.2, 0) is 9.59 Å². The van der Waals surface area contributed by atoms with Crippen molar-refractivity contribution in [2.24, 2.45) is 11.1 Å². The molecule has 1 aliphatic heterocycles. The number of benzene rings is 1. The van der Waals surface area contributed by atoms with E-state index in [4.69, 9.17) is 18.0 Å². The second-order valence-corrected chi connectivity index (χ2v) is 6.05. The Balaban J connectivity index is 1.92. The van der Waals surface area contributed by atoms with Gasteiger partial charge < -0.3 is 5.73 Å². The molecule has 5 heteroatoms. The molecule has 1 saturated heterocycles. The number of rotatable bonds is 2. The first-order chi connectivity index (χ1) is 9.53. The van der Waals surface area contributed by atoms with Crippen LogP contribution in [0.5, 0.6) is 0 Å². The molecule has 20 heavy (non-hydrogen) atoms. The van der Waals surface area contributed by atoms with E-state index >= 15 is 0 Å². The summed E-state index contributed by atoms with van der Waals surface area (Å²) in [6, 6.07) is 6.96. The first-order valence-electron chi connectivity index (χ1n) is 6.81. The normalized spacial score (nSPS) is 20.9. The van der Waals surface area contributed by atoms with E-state index in [0.29, 0.717) is 17.1 Å². The summed E-state index contributed by atoms with van der Waals surface area (Å²) in [7, 11) is 0. The lowest BCUT2D eigenvalue weighted by atomic mass is 9.84. The minimum absolute atomic E-state index is 0.0388. The minimum atomic E-state index is -0.432. The van der Waals surface area contributed by atoms with Crippen molar-refractivity contribution in [2.75, 3.05) is 4.90 Å². The Bertz CT molecular complexity index is 588. The van der Waals surface area contributed by atoms with Gasteiger partial charge in [-0.2, -0.15) is 0 Å². The van der Waals surface area contributed by atoms with Gasteiger partial charge in [0.2, 0.25) is 11.8 Å². The van der Waals surface area contributed by atoms with Crippen molar-refractivity contribution in [1.82, 2.24) is 0 Å². The fraction of sp³-hybridized carbons (Fsp3) is 0.400. The van der Waals surface area contributed by atoms with Crippen molar-refractivity contribution in [3.8, 4) is 0 Å². The molecule has 1 saturated carbocycles. The van der Waals surface area contributed by atoms with Crippen LogP contribution in [0.2, 0.25) is 0 Å². The highest BCUT2D eigenvalue weighted by Gasteiger charge is 2.52. The zero-order valence-corrected chi connectivity index (χ0v) is 11.9. The Kier molecular flexibility index (Phi) is 3.09. The number of carbonyl (C=O) groups is 2. The van der Waals surface area contributed by atoms with E-state index in [0.717, 1.165) is 31.2 Å². The second-order valence-electron chi connectivity index (χ2n) is 5.61. The van der Waals surface area contributed by atoms with Gasteiger partial charge in [0.05, 0.1) is 11.1 Å². The molecule has 1 heterocycles. The van der Waals surface area contributed by atoms with Crippen molar-refractivity contribution in [3.05, 3.63) is 29.8 Å². The number of nitrogens with zero attached hydrogens (tertiary/aromatic N) is 1. The molecule has 1 aliphatic carbocycles. The lowest BCUT2D eigenvalue weighted by Crippen LogP contribution is -2.34. The molecule has 0 unspecified atom stereocenters. The Hall–Kier alpha value is -1.75. The molecule has 0 aromatic heterocycles. The number of carbonyl (C=O) groups excluding carboxylic acids is 2. The molecule has 104 valence electrons. The zero-order chi connectivity index (χ0) is 14.3. The topological polar surface area (TPSA) is 63.4 Å². The molecule has 2 N–H and O–H groups in total. The molecule has 4 nitrogen and oxygen atoms in total. The van der Waals surface area contributed by atoms with E-state index < -0.39 is 5.41 Å². The number of imide groups is 1. The summed E-state index contributed by atoms with van der Waals surface area (Å²) in [6.07, 6.45) is 4.08. The van der Waals surface area contributed by atoms with Crippen molar-refractivity contribution < 1.29 is 9.59 Å². The minimum Gasteiger partial charge on any atom is -0.389 e. The zero-order valence-electron chi connectivity index (χ0n) is 11.1. The summed E-state index contributed by atoms with van der Waals surface area (Å²) in [5.74, 6) is -0.136. The summed E-state index contributed by atoms with van der Waals surface area (Å²) in [5, 5.41) is 0. The van der Waals surface area contributed by atoms with Gasteiger partial charge in [0.15, 0.2) is 0 Å². The fourth-order valence-electron chi connectivity index (χ4n) is 3.27. The maximum absolute atomic E-state index is 12.6. The average molecular weight is 288 g/mol. The van der Waals surface area contributed by atoms with E-state index in [-0.39, 0.29) is 11.8 Å². The summed E-state index contributed by atoms with van der Waals surface area (Å²) in [4.78, 5) is 26.5. The summed E-state index contributed by atoms with van der Waals surface area (Å²) < 4.78 is 0. The van der Waals surface area contributed by atoms with E-state index in [1.165, 1.54) is 4.90 Å². The third-order valence-corrected chi connectivity index (χ3v) is 4.60. The largest absolute Gasteiger partial charge is 0.389 e. The lowest BCUT2D eigenvalue weighted by molar-refractivity contribution is -0.125. The van der Waals surface area contributed by atoms with Gasteiger partial charge in [-0.3, -0.25) is 14.5 Å². The summed E-state index contributed by atoms with van der Waals surface area (Å²) in [5.41, 5.74) is 6.47. The quantitative estimate of drug-likeness (QED) is 0.669. The van der Waals surface area contributed by atoms with Gasteiger partial charge in [-0.15, -0.1) is 0 Å². The lowest BCUT2D eigenvalue weighted by Gasteiger charge is -2.21. The summed E-state index contributed by atoms with van der Waals surface area (Å²) in [6.45, 7) is 0. The van der Waals surface area contributed by atoms with Crippen LogP contribution in [0.15, 0.2) is 24.3 Å². The van der Waals surface area contributed by atoms with Crippen LogP contribution < -0.4 is 10.6 Å². The van der Waals surface area contributed by atoms with Gasteiger partial charge in [0.1, 0.15) is 4.99 Å². The van der Waals surface area contributed by atoms with Gasteiger partial charge in [-0.25, -0.2) is 0 Å². The molecular weight excluding hydrogens is 272 g/mol. The Labute approximate surface area is 122 Å². The van der Waals surface area contributed by atoms with E-state index in [2.05, 4.69) is 0 Å². The molecular formula is C15H16N2O2S. The Morgan fingerprint density at radius 1 is 1.15 bits per heavy atom. The first-order valence-corrected chi connectivity index (χ1v) is 7.22. The third-order valence-electron chi connectivity index (χ3n) is 4.37. The first kappa shape index (κ1) is 13.2. The maximum atomic E-state index is 12.6. The van der Waals surface area contributed by atoms with Crippen LogP contribution in [0.25, 0.3) is 0 Å². The maximum Gasteiger partial charge on any atom is 0.240 e. The Morgan fingerprint density at radius 2 is 1.75 bits per heavy atom. The van der Waals surface area contributed by atoms with Crippen molar-refractivity contribution in [1.29, 1.82) is 0 Å². The second kappa shape index (κ2) is 4.66. The third kappa shape index (κ3) is 1.93. The number of hydrogen-bond acceptors (Lipinski definition) is 3. The van der Waals surface area contributed by atoms with Crippen molar-refractivity contribution >= 4 is 34.7 Å². The van der Waals surface area contributed by atoms with E-state index in [1.807, 2.05) is 0 Å². The molecule has 1 aromatic rings. The van der Waals surface area contributed by atoms with Crippen molar-refractivity contribution in [3.63, 3.8) is 0 Å². The van der Waals surface area contributed by atoms with E-state index in [1.54, 1.807) is 24.3 Å². The van der Waals surface area contributed by atoms with E-state index in [9.17, 15) is 9.59 Å². The summed E-state index contributed by atoms with van der Waals surface area (Å²) >= 11 is 4.90. The number of anilines is 1. The predicted octanol–water partition coefficient (Wildman–Crippen LogP) is 2.14. The number of nitrogens with two attached hydrogens (primary N) is 1. The van der Waals surface area contributed by atoms with Crippen LogP contribution in [0.3, 0.4) is 0 Å². The van der Waals surface area contributed by atoms with Gasteiger partial charge in [-0.1, -0.05) is 25.1 Å². The standard InChI is InChI=1S/C15H16N2O2S/c16-13(20)10-3-5-11(6-4-10)17-12(18)9-15(14(17)19)7-1-2-8-15/h3-6H,1-2,7-9H2,(H2,16,20). The molecule has 0 radical (unpaired) electrons. The molecule has 3 rings (SSSR count). The smallest absolute Gasteiger partial charge is 0.240 e. The number of amides is 2. The van der Waals surface area contributed by atoms with Gasteiger partial charge in [0.25, 0.3) is 0 Å². The fourth-order valence-corrected chi connectivity index (χ4v) is 3.41. The van der Waals surface area contributed by atoms with Crippen LogP contribution in [0, 0.1) is 5.41 Å². The Morgan fingerprint density at radius 3 is 2.30 bits per heavy atom. The highest BCUT2D eigenvalue weighted by atomic mass is 32.1. The SMILES string of the molecule is NC(=S)c1ccc(N2C(=O)CC3(CCCC3)C2=O)cc1. The van der Waals surface area contributed by atoms with Gasteiger partial charge in [0, 0.05) is 12.0 Å². The van der Waals surface area contributed by atoms with Crippen LogP contribution in [0.4, 0.5) is 5.69 Å². The molecule has 0 atom stereocenters. The number of thiocarbonyl (C=S) groups is 1. The van der Waals surface area contributed by atoms with Gasteiger partial charge >= 0.3 is 0 Å². The molecule has 2 amide bonds.